The van der Waals surface area contributed by atoms with E-state index >= 15 is 0 Å². The van der Waals surface area contributed by atoms with Gasteiger partial charge in [-0.2, -0.15) is 0 Å². The Morgan fingerprint density at radius 2 is 2.17 bits per heavy atom. The van der Waals surface area contributed by atoms with Crippen LogP contribution in [0.3, 0.4) is 0 Å². The largest absolute Gasteiger partial charge is 0.465 e. The number of H-pyrrole nitrogens is 1. The number of esters is 1. The van der Waals surface area contributed by atoms with Crippen molar-refractivity contribution in [1.82, 2.24) is 10.3 Å². The summed E-state index contributed by atoms with van der Waals surface area (Å²) >= 11 is 0. The van der Waals surface area contributed by atoms with Crippen molar-refractivity contribution in [3.63, 3.8) is 0 Å². The summed E-state index contributed by atoms with van der Waals surface area (Å²) in [5, 5.41) is 4.31. The van der Waals surface area contributed by atoms with Crippen LogP contribution in [0.5, 0.6) is 0 Å². The first-order chi connectivity index (χ1) is 8.72. The molecule has 0 aliphatic heterocycles. The van der Waals surface area contributed by atoms with E-state index in [2.05, 4.69) is 22.4 Å². The van der Waals surface area contributed by atoms with E-state index in [0.717, 1.165) is 11.2 Å². The van der Waals surface area contributed by atoms with E-state index in [1.165, 1.54) is 10.9 Å². The van der Waals surface area contributed by atoms with Gasteiger partial charge in [-0.25, -0.2) is 0 Å². The van der Waals surface area contributed by atoms with Crippen molar-refractivity contribution >= 4 is 16.9 Å². The lowest BCUT2D eigenvalue weighted by molar-refractivity contribution is -0.142. The highest BCUT2D eigenvalue weighted by Crippen LogP contribution is 2.21. The molecule has 0 atom stereocenters. The van der Waals surface area contributed by atoms with Gasteiger partial charge in [0.25, 0.3) is 0 Å². The van der Waals surface area contributed by atoms with Crippen LogP contribution in [-0.4, -0.2) is 24.1 Å². The summed E-state index contributed by atoms with van der Waals surface area (Å²) in [4.78, 5) is 14.6. The first kappa shape index (κ1) is 12.6. The number of aromatic amines is 1. The van der Waals surface area contributed by atoms with Crippen molar-refractivity contribution in [2.24, 2.45) is 0 Å². The SMILES string of the molecule is CCOC(=O)CNCc1c(C)[nH]c2ccccc12. The Hall–Kier alpha value is -1.81. The molecule has 2 aromatic rings. The molecular formula is C14H18N2O2. The molecule has 18 heavy (non-hydrogen) atoms. The number of nitrogens with one attached hydrogen (secondary N) is 2. The van der Waals surface area contributed by atoms with Crippen LogP contribution in [0.2, 0.25) is 0 Å². The van der Waals surface area contributed by atoms with Gasteiger partial charge in [0, 0.05) is 23.1 Å². The second-order valence-electron chi connectivity index (χ2n) is 4.18. The monoisotopic (exact) mass is 246 g/mol. The Bertz CT molecular complexity index is 546. The molecule has 0 radical (unpaired) electrons. The predicted octanol–water partition coefficient (Wildman–Crippen LogP) is 2.13. The Kier molecular flexibility index (Phi) is 3.99. The van der Waals surface area contributed by atoms with Crippen LogP contribution in [-0.2, 0) is 16.1 Å². The fraction of sp³-hybridized carbons (Fsp3) is 0.357. The van der Waals surface area contributed by atoms with E-state index < -0.39 is 0 Å². The number of hydrogen-bond donors (Lipinski definition) is 2. The third-order valence-electron chi connectivity index (χ3n) is 2.90. The number of carbonyl (C=O) groups excluding carboxylic acids is 1. The molecule has 1 aromatic heterocycles. The van der Waals surface area contributed by atoms with Gasteiger partial charge in [-0.05, 0) is 25.5 Å². The standard InChI is InChI=1S/C14H18N2O2/c1-3-18-14(17)9-15-8-12-10(2)16-13-7-5-4-6-11(12)13/h4-7,15-16H,3,8-9H2,1-2H3. The van der Waals surface area contributed by atoms with Crippen molar-refractivity contribution in [2.45, 2.75) is 20.4 Å². The van der Waals surface area contributed by atoms with E-state index in [1.807, 2.05) is 26.0 Å². The molecule has 2 N–H and O–H groups in total. The van der Waals surface area contributed by atoms with Gasteiger partial charge in [-0.3, -0.25) is 4.79 Å². The van der Waals surface area contributed by atoms with Crippen LogP contribution in [0.15, 0.2) is 24.3 Å². The molecule has 0 bridgehead atoms. The van der Waals surface area contributed by atoms with E-state index in [0.29, 0.717) is 13.2 Å². The highest BCUT2D eigenvalue weighted by molar-refractivity contribution is 5.84. The first-order valence-corrected chi connectivity index (χ1v) is 6.15. The molecule has 0 spiro atoms. The summed E-state index contributed by atoms with van der Waals surface area (Å²) in [5.74, 6) is -0.213. The zero-order valence-corrected chi connectivity index (χ0v) is 10.7. The second-order valence-corrected chi connectivity index (χ2v) is 4.18. The molecule has 0 fully saturated rings. The number of hydrogen-bond acceptors (Lipinski definition) is 3. The third-order valence-corrected chi connectivity index (χ3v) is 2.90. The Morgan fingerprint density at radius 3 is 2.94 bits per heavy atom. The number of rotatable bonds is 5. The van der Waals surface area contributed by atoms with Gasteiger partial charge in [0.1, 0.15) is 0 Å². The van der Waals surface area contributed by atoms with E-state index in [4.69, 9.17) is 4.74 Å². The molecule has 96 valence electrons. The number of ether oxygens (including phenoxy) is 1. The number of fused-ring (bicyclic) bond motifs is 1. The van der Waals surface area contributed by atoms with Gasteiger partial charge < -0.3 is 15.0 Å². The molecule has 1 heterocycles. The highest BCUT2D eigenvalue weighted by Gasteiger charge is 2.08. The van der Waals surface area contributed by atoms with Crippen molar-refractivity contribution in [1.29, 1.82) is 0 Å². The molecule has 4 heteroatoms. The number of aromatic nitrogens is 1. The van der Waals surface area contributed by atoms with Gasteiger partial charge in [0.05, 0.1) is 13.2 Å². The minimum Gasteiger partial charge on any atom is -0.465 e. The zero-order valence-electron chi connectivity index (χ0n) is 10.7. The highest BCUT2D eigenvalue weighted by atomic mass is 16.5. The molecule has 0 saturated carbocycles. The zero-order chi connectivity index (χ0) is 13.0. The van der Waals surface area contributed by atoms with E-state index in [-0.39, 0.29) is 12.5 Å². The number of carbonyl (C=O) groups is 1. The Balaban J connectivity index is 2.03. The molecule has 0 aliphatic carbocycles. The second kappa shape index (κ2) is 5.69. The van der Waals surface area contributed by atoms with Gasteiger partial charge in [0.2, 0.25) is 0 Å². The van der Waals surface area contributed by atoms with Crippen molar-refractivity contribution in [2.75, 3.05) is 13.2 Å². The molecule has 0 aliphatic rings. The number of aryl methyl sites for hydroxylation is 1. The maximum Gasteiger partial charge on any atom is 0.319 e. The summed E-state index contributed by atoms with van der Waals surface area (Å²) in [7, 11) is 0. The van der Waals surface area contributed by atoms with Crippen LogP contribution < -0.4 is 5.32 Å². The molecule has 1 aromatic carbocycles. The average molecular weight is 246 g/mol. The maximum atomic E-state index is 11.2. The number of benzene rings is 1. The lowest BCUT2D eigenvalue weighted by Crippen LogP contribution is -2.24. The predicted molar refractivity (Wildman–Crippen MR) is 71.4 cm³/mol. The minimum atomic E-state index is -0.213. The quantitative estimate of drug-likeness (QED) is 0.795. The van der Waals surface area contributed by atoms with E-state index in [1.54, 1.807) is 0 Å². The fourth-order valence-corrected chi connectivity index (χ4v) is 2.06. The van der Waals surface area contributed by atoms with E-state index in [9.17, 15) is 4.79 Å². The molecular weight excluding hydrogens is 228 g/mol. The van der Waals surface area contributed by atoms with Crippen LogP contribution in [0, 0.1) is 6.92 Å². The molecule has 0 saturated heterocycles. The minimum absolute atomic E-state index is 0.213. The molecule has 0 unspecified atom stereocenters. The lowest BCUT2D eigenvalue weighted by atomic mass is 10.1. The summed E-state index contributed by atoms with van der Waals surface area (Å²) in [6.45, 7) is 5.18. The van der Waals surface area contributed by atoms with Gasteiger partial charge in [0.15, 0.2) is 0 Å². The van der Waals surface area contributed by atoms with Crippen LogP contribution in [0.25, 0.3) is 10.9 Å². The normalized spacial score (nSPS) is 10.8. The molecule has 2 rings (SSSR count). The summed E-state index contributed by atoms with van der Waals surface area (Å²) in [6, 6.07) is 8.16. The van der Waals surface area contributed by atoms with Crippen molar-refractivity contribution < 1.29 is 9.53 Å². The van der Waals surface area contributed by atoms with Crippen LogP contribution in [0.1, 0.15) is 18.2 Å². The lowest BCUT2D eigenvalue weighted by Gasteiger charge is -2.05. The average Bonchev–Trinajstić information content (AvgIpc) is 2.66. The van der Waals surface area contributed by atoms with Crippen LogP contribution >= 0.6 is 0 Å². The summed E-state index contributed by atoms with van der Waals surface area (Å²) in [5.41, 5.74) is 3.46. The maximum absolute atomic E-state index is 11.2. The first-order valence-electron chi connectivity index (χ1n) is 6.15. The topological polar surface area (TPSA) is 54.1 Å². The van der Waals surface area contributed by atoms with Gasteiger partial charge in [-0.1, -0.05) is 18.2 Å². The Labute approximate surface area is 106 Å². The van der Waals surface area contributed by atoms with Crippen molar-refractivity contribution in [3.05, 3.63) is 35.5 Å². The third kappa shape index (κ3) is 2.71. The van der Waals surface area contributed by atoms with Gasteiger partial charge >= 0.3 is 5.97 Å². The van der Waals surface area contributed by atoms with Crippen molar-refractivity contribution in [3.8, 4) is 0 Å². The summed E-state index contributed by atoms with van der Waals surface area (Å²) in [6.07, 6.45) is 0. The fourth-order valence-electron chi connectivity index (χ4n) is 2.06. The number of para-hydroxylation sites is 1. The molecule has 0 amide bonds. The smallest absolute Gasteiger partial charge is 0.319 e. The Morgan fingerprint density at radius 1 is 1.39 bits per heavy atom. The van der Waals surface area contributed by atoms with Gasteiger partial charge in [-0.15, -0.1) is 0 Å². The molecule has 4 nitrogen and oxygen atoms in total. The van der Waals surface area contributed by atoms with Crippen LogP contribution in [0.4, 0.5) is 0 Å². The summed E-state index contributed by atoms with van der Waals surface area (Å²) < 4.78 is 4.87.